The molecular formula is C8H9ClO3. The van der Waals surface area contributed by atoms with E-state index in [1.807, 2.05) is 0 Å². The molecule has 0 amide bonds. The van der Waals surface area contributed by atoms with E-state index < -0.39 is 16.9 Å². The Morgan fingerprint density at radius 3 is 2.75 bits per heavy atom. The van der Waals surface area contributed by atoms with Crippen LogP contribution in [0, 0.1) is 5.92 Å². The van der Waals surface area contributed by atoms with Crippen LogP contribution in [0.3, 0.4) is 0 Å². The van der Waals surface area contributed by atoms with Gasteiger partial charge in [-0.2, -0.15) is 0 Å². The zero-order valence-corrected chi connectivity index (χ0v) is 7.28. The van der Waals surface area contributed by atoms with E-state index in [4.69, 9.17) is 21.4 Å². The van der Waals surface area contributed by atoms with Crippen LogP contribution in [-0.4, -0.2) is 23.2 Å². The Bertz CT molecular complexity index is 247. The van der Waals surface area contributed by atoms with Gasteiger partial charge in [-0.05, 0) is 6.08 Å². The van der Waals surface area contributed by atoms with Crippen molar-refractivity contribution in [1.82, 2.24) is 0 Å². The minimum absolute atomic E-state index is 0.825. The predicted octanol–water partition coefficient (Wildman–Crippen LogP) is 1.39. The Morgan fingerprint density at radius 1 is 1.67 bits per heavy atom. The lowest BCUT2D eigenvalue weighted by Crippen LogP contribution is -2.37. The van der Waals surface area contributed by atoms with Gasteiger partial charge in [-0.3, -0.25) is 4.79 Å². The molecule has 2 unspecified atom stereocenters. The molecular weight excluding hydrogens is 180 g/mol. The van der Waals surface area contributed by atoms with E-state index in [1.165, 1.54) is 19.3 Å². The molecule has 1 N–H and O–H groups in total. The third kappa shape index (κ3) is 1.52. The SMILES string of the molecule is COC1(Cl)C=CC=CC1C(=O)O. The Hall–Kier alpha value is -0.800. The predicted molar refractivity (Wildman–Crippen MR) is 45.0 cm³/mol. The van der Waals surface area contributed by atoms with Crippen molar-refractivity contribution in [3.05, 3.63) is 24.3 Å². The number of allylic oxidation sites excluding steroid dienone is 2. The van der Waals surface area contributed by atoms with Crippen LogP contribution in [-0.2, 0) is 9.53 Å². The average Bonchev–Trinajstić information content (AvgIpc) is 2.05. The molecule has 0 aliphatic heterocycles. The lowest BCUT2D eigenvalue weighted by molar-refractivity contribution is -0.144. The van der Waals surface area contributed by atoms with Gasteiger partial charge < -0.3 is 9.84 Å². The van der Waals surface area contributed by atoms with Crippen molar-refractivity contribution in [2.45, 2.75) is 5.06 Å². The maximum absolute atomic E-state index is 10.7. The van der Waals surface area contributed by atoms with Crippen molar-refractivity contribution in [3.63, 3.8) is 0 Å². The molecule has 0 saturated heterocycles. The monoisotopic (exact) mass is 188 g/mol. The molecule has 0 fully saturated rings. The molecule has 1 aliphatic carbocycles. The molecule has 0 aromatic rings. The summed E-state index contributed by atoms with van der Waals surface area (Å²) in [6.45, 7) is 0. The summed E-state index contributed by atoms with van der Waals surface area (Å²) in [7, 11) is 1.38. The minimum atomic E-state index is -1.24. The second-order valence-electron chi connectivity index (χ2n) is 2.46. The molecule has 1 aliphatic rings. The smallest absolute Gasteiger partial charge is 0.314 e. The summed E-state index contributed by atoms with van der Waals surface area (Å²) in [6, 6.07) is 0. The normalized spacial score (nSPS) is 33.7. The van der Waals surface area contributed by atoms with Gasteiger partial charge in [0, 0.05) is 7.11 Å². The van der Waals surface area contributed by atoms with Crippen molar-refractivity contribution in [3.8, 4) is 0 Å². The third-order valence-electron chi connectivity index (χ3n) is 1.74. The molecule has 3 nitrogen and oxygen atoms in total. The Labute approximate surface area is 75.3 Å². The van der Waals surface area contributed by atoms with E-state index >= 15 is 0 Å². The summed E-state index contributed by atoms with van der Waals surface area (Å²) < 4.78 is 4.90. The Balaban J connectivity index is 2.92. The molecule has 2 atom stereocenters. The van der Waals surface area contributed by atoms with Crippen molar-refractivity contribution in [2.24, 2.45) is 5.92 Å². The fourth-order valence-electron chi connectivity index (χ4n) is 1.04. The number of halogens is 1. The van der Waals surface area contributed by atoms with Gasteiger partial charge in [-0.1, -0.05) is 29.8 Å². The van der Waals surface area contributed by atoms with Gasteiger partial charge in [0.15, 0.2) is 5.06 Å². The third-order valence-corrected chi connectivity index (χ3v) is 2.26. The Kier molecular flexibility index (Phi) is 2.55. The van der Waals surface area contributed by atoms with Gasteiger partial charge in [0.2, 0.25) is 0 Å². The maximum atomic E-state index is 10.7. The first kappa shape index (κ1) is 9.29. The Morgan fingerprint density at radius 2 is 2.33 bits per heavy atom. The number of hydrogen-bond acceptors (Lipinski definition) is 2. The molecule has 4 heteroatoms. The number of alkyl halides is 1. The lowest BCUT2D eigenvalue weighted by atomic mass is 9.97. The van der Waals surface area contributed by atoms with Crippen LogP contribution >= 0.6 is 11.6 Å². The van der Waals surface area contributed by atoms with Gasteiger partial charge in [-0.25, -0.2) is 0 Å². The van der Waals surface area contributed by atoms with E-state index in [9.17, 15) is 4.79 Å². The fraction of sp³-hybridized carbons (Fsp3) is 0.375. The summed E-state index contributed by atoms with van der Waals surface area (Å²) in [5.74, 6) is -1.82. The van der Waals surface area contributed by atoms with Gasteiger partial charge in [0.1, 0.15) is 5.92 Å². The lowest BCUT2D eigenvalue weighted by Gasteiger charge is -2.28. The van der Waals surface area contributed by atoms with Crippen LogP contribution in [0.2, 0.25) is 0 Å². The highest BCUT2D eigenvalue weighted by atomic mass is 35.5. The summed E-state index contributed by atoms with van der Waals surface area (Å²) in [5.41, 5.74) is 0. The largest absolute Gasteiger partial charge is 0.481 e. The van der Waals surface area contributed by atoms with Crippen LogP contribution < -0.4 is 0 Å². The zero-order valence-electron chi connectivity index (χ0n) is 6.53. The van der Waals surface area contributed by atoms with Crippen LogP contribution in [0.1, 0.15) is 0 Å². The molecule has 0 aromatic heterocycles. The van der Waals surface area contributed by atoms with Crippen molar-refractivity contribution in [2.75, 3.05) is 7.11 Å². The number of carboxylic acid groups (broad SMARTS) is 1. The molecule has 12 heavy (non-hydrogen) atoms. The van der Waals surface area contributed by atoms with Crippen molar-refractivity contribution >= 4 is 17.6 Å². The second kappa shape index (κ2) is 3.29. The van der Waals surface area contributed by atoms with E-state index in [-0.39, 0.29) is 0 Å². The van der Waals surface area contributed by atoms with Gasteiger partial charge in [0.25, 0.3) is 0 Å². The van der Waals surface area contributed by atoms with E-state index in [2.05, 4.69) is 0 Å². The molecule has 1 rings (SSSR count). The van der Waals surface area contributed by atoms with Crippen molar-refractivity contribution in [1.29, 1.82) is 0 Å². The van der Waals surface area contributed by atoms with E-state index in [0.717, 1.165) is 0 Å². The number of hydrogen-bond donors (Lipinski definition) is 1. The highest BCUT2D eigenvalue weighted by Crippen LogP contribution is 2.32. The minimum Gasteiger partial charge on any atom is -0.481 e. The number of ether oxygens (including phenoxy) is 1. The molecule has 0 radical (unpaired) electrons. The van der Waals surface area contributed by atoms with Gasteiger partial charge in [-0.15, -0.1) is 0 Å². The van der Waals surface area contributed by atoms with Crippen LogP contribution in [0.4, 0.5) is 0 Å². The molecule has 0 spiro atoms. The van der Waals surface area contributed by atoms with E-state index in [1.54, 1.807) is 12.2 Å². The number of methoxy groups -OCH3 is 1. The molecule has 0 aromatic carbocycles. The number of carboxylic acids is 1. The number of carbonyl (C=O) groups is 1. The highest BCUT2D eigenvalue weighted by Gasteiger charge is 2.39. The topological polar surface area (TPSA) is 46.5 Å². The quantitative estimate of drug-likeness (QED) is 0.667. The first-order chi connectivity index (χ1) is 5.60. The summed E-state index contributed by atoms with van der Waals surface area (Å²) in [6.07, 6.45) is 6.32. The molecule has 0 bridgehead atoms. The maximum Gasteiger partial charge on any atom is 0.314 e. The second-order valence-corrected chi connectivity index (χ2v) is 3.05. The van der Waals surface area contributed by atoms with Gasteiger partial charge >= 0.3 is 5.97 Å². The number of aliphatic carboxylic acids is 1. The number of rotatable bonds is 2. The highest BCUT2D eigenvalue weighted by molar-refractivity contribution is 6.26. The summed E-state index contributed by atoms with van der Waals surface area (Å²) in [5, 5.41) is 7.52. The summed E-state index contributed by atoms with van der Waals surface area (Å²) >= 11 is 5.88. The van der Waals surface area contributed by atoms with Crippen LogP contribution in [0.25, 0.3) is 0 Å². The van der Waals surface area contributed by atoms with Crippen LogP contribution in [0.15, 0.2) is 24.3 Å². The first-order valence-electron chi connectivity index (χ1n) is 3.43. The molecule has 0 saturated carbocycles. The average molecular weight is 189 g/mol. The standard InChI is InChI=1S/C8H9ClO3/c1-12-8(9)5-3-2-4-6(8)7(10)11/h2-6H,1H3,(H,10,11). The van der Waals surface area contributed by atoms with Gasteiger partial charge in [0.05, 0.1) is 0 Å². The van der Waals surface area contributed by atoms with E-state index in [0.29, 0.717) is 0 Å². The molecule has 66 valence electrons. The van der Waals surface area contributed by atoms with Crippen LogP contribution in [0.5, 0.6) is 0 Å². The first-order valence-corrected chi connectivity index (χ1v) is 3.81. The zero-order chi connectivity index (χ0) is 9.19. The summed E-state index contributed by atoms with van der Waals surface area (Å²) in [4.78, 5) is 10.7. The fourth-order valence-corrected chi connectivity index (χ4v) is 1.28. The van der Waals surface area contributed by atoms with Crippen molar-refractivity contribution < 1.29 is 14.6 Å². The molecule has 0 heterocycles.